The molecule has 0 bridgehead atoms. The van der Waals surface area contributed by atoms with Gasteiger partial charge in [0.25, 0.3) is 0 Å². The SMILES string of the molecule is CC.CC.CC1CCCN(Cc2ccccc2)C1. The Morgan fingerprint density at radius 2 is 1.67 bits per heavy atom. The van der Waals surface area contributed by atoms with Crippen LogP contribution in [0.1, 0.15) is 53.0 Å². The van der Waals surface area contributed by atoms with Crippen LogP contribution in [0.4, 0.5) is 0 Å². The molecule has 0 N–H and O–H groups in total. The quantitative estimate of drug-likeness (QED) is 0.715. The third-order valence-electron chi connectivity index (χ3n) is 2.99. The van der Waals surface area contributed by atoms with Gasteiger partial charge in [-0.15, -0.1) is 0 Å². The first-order valence-electron chi connectivity index (χ1n) is 7.61. The Kier molecular flexibility index (Phi) is 10.8. The van der Waals surface area contributed by atoms with Crippen molar-refractivity contribution in [1.82, 2.24) is 4.90 Å². The summed E-state index contributed by atoms with van der Waals surface area (Å²) in [5, 5.41) is 0. The van der Waals surface area contributed by atoms with Crippen LogP contribution in [0.25, 0.3) is 0 Å². The van der Waals surface area contributed by atoms with E-state index < -0.39 is 0 Å². The molecule has 1 aliphatic heterocycles. The van der Waals surface area contributed by atoms with Crippen LogP contribution < -0.4 is 0 Å². The predicted octanol–water partition coefficient (Wildman–Crippen LogP) is 4.97. The van der Waals surface area contributed by atoms with Crippen molar-refractivity contribution in [2.24, 2.45) is 5.92 Å². The smallest absolute Gasteiger partial charge is 0.0233 e. The maximum Gasteiger partial charge on any atom is 0.0233 e. The van der Waals surface area contributed by atoms with Gasteiger partial charge in [-0.1, -0.05) is 65.0 Å². The minimum Gasteiger partial charge on any atom is -0.299 e. The largest absolute Gasteiger partial charge is 0.299 e. The fourth-order valence-electron chi connectivity index (χ4n) is 2.27. The molecule has 0 radical (unpaired) electrons. The number of benzene rings is 1. The topological polar surface area (TPSA) is 3.24 Å². The highest BCUT2D eigenvalue weighted by molar-refractivity contribution is 5.14. The van der Waals surface area contributed by atoms with E-state index in [2.05, 4.69) is 42.2 Å². The van der Waals surface area contributed by atoms with E-state index in [9.17, 15) is 0 Å². The lowest BCUT2D eigenvalue weighted by Gasteiger charge is -2.30. The molecule has 18 heavy (non-hydrogen) atoms. The van der Waals surface area contributed by atoms with Crippen LogP contribution in [0, 0.1) is 5.92 Å². The van der Waals surface area contributed by atoms with Gasteiger partial charge in [0.2, 0.25) is 0 Å². The van der Waals surface area contributed by atoms with Gasteiger partial charge >= 0.3 is 0 Å². The monoisotopic (exact) mass is 249 g/mol. The highest BCUT2D eigenvalue weighted by Crippen LogP contribution is 2.17. The minimum atomic E-state index is 0.882. The Balaban J connectivity index is 0.000000659. The molecule has 1 aliphatic rings. The molecule has 0 spiro atoms. The van der Waals surface area contributed by atoms with Crippen LogP contribution in [0.5, 0.6) is 0 Å². The summed E-state index contributed by atoms with van der Waals surface area (Å²) in [4.78, 5) is 2.57. The van der Waals surface area contributed by atoms with Crippen LogP contribution in [0.2, 0.25) is 0 Å². The summed E-state index contributed by atoms with van der Waals surface area (Å²) < 4.78 is 0. The number of hydrogen-bond acceptors (Lipinski definition) is 1. The van der Waals surface area contributed by atoms with Crippen molar-refractivity contribution >= 4 is 0 Å². The zero-order valence-electron chi connectivity index (χ0n) is 12.9. The van der Waals surface area contributed by atoms with Crippen LogP contribution in [0.3, 0.4) is 0 Å². The molecule has 1 saturated heterocycles. The van der Waals surface area contributed by atoms with Crippen LogP contribution in [-0.2, 0) is 6.54 Å². The van der Waals surface area contributed by atoms with Gasteiger partial charge in [0, 0.05) is 13.1 Å². The molecule has 104 valence electrons. The van der Waals surface area contributed by atoms with Crippen LogP contribution >= 0.6 is 0 Å². The first-order valence-corrected chi connectivity index (χ1v) is 7.61. The molecular weight excluding hydrogens is 218 g/mol. The van der Waals surface area contributed by atoms with E-state index in [1.807, 2.05) is 27.7 Å². The highest BCUT2D eigenvalue weighted by atomic mass is 15.1. The summed E-state index contributed by atoms with van der Waals surface area (Å²) in [6, 6.07) is 10.8. The first-order chi connectivity index (χ1) is 8.84. The zero-order chi connectivity index (χ0) is 13.8. The Morgan fingerprint density at radius 3 is 2.22 bits per heavy atom. The number of likely N-dealkylation sites (tertiary alicyclic amines) is 1. The van der Waals surface area contributed by atoms with E-state index in [4.69, 9.17) is 0 Å². The highest BCUT2D eigenvalue weighted by Gasteiger charge is 2.15. The van der Waals surface area contributed by atoms with Crippen molar-refractivity contribution in [1.29, 1.82) is 0 Å². The first kappa shape index (κ1) is 17.2. The molecule has 1 atom stereocenters. The van der Waals surface area contributed by atoms with Crippen molar-refractivity contribution in [3.8, 4) is 0 Å². The second kappa shape index (κ2) is 11.3. The van der Waals surface area contributed by atoms with Crippen molar-refractivity contribution in [3.05, 3.63) is 35.9 Å². The van der Waals surface area contributed by atoms with Gasteiger partial charge in [0.15, 0.2) is 0 Å². The molecule has 1 aromatic carbocycles. The number of nitrogens with zero attached hydrogens (tertiary/aromatic N) is 1. The molecule has 0 saturated carbocycles. The Morgan fingerprint density at radius 1 is 1.06 bits per heavy atom. The maximum absolute atomic E-state index is 2.57. The van der Waals surface area contributed by atoms with Gasteiger partial charge in [-0.25, -0.2) is 0 Å². The van der Waals surface area contributed by atoms with Gasteiger partial charge in [-0.3, -0.25) is 4.90 Å². The van der Waals surface area contributed by atoms with E-state index in [-0.39, 0.29) is 0 Å². The zero-order valence-corrected chi connectivity index (χ0v) is 12.9. The number of hydrogen-bond donors (Lipinski definition) is 0. The normalized spacial score (nSPS) is 19.1. The molecule has 1 heterocycles. The maximum atomic E-state index is 2.57. The van der Waals surface area contributed by atoms with E-state index >= 15 is 0 Å². The molecule has 2 rings (SSSR count). The number of rotatable bonds is 2. The predicted molar refractivity (Wildman–Crippen MR) is 82.8 cm³/mol. The van der Waals surface area contributed by atoms with Crippen molar-refractivity contribution in [3.63, 3.8) is 0 Å². The molecule has 0 aliphatic carbocycles. The van der Waals surface area contributed by atoms with Gasteiger partial charge < -0.3 is 0 Å². The lowest BCUT2D eigenvalue weighted by Crippen LogP contribution is -2.33. The summed E-state index contributed by atoms with van der Waals surface area (Å²) in [6.07, 6.45) is 2.78. The Labute approximate surface area is 114 Å². The molecule has 0 amide bonds. The summed E-state index contributed by atoms with van der Waals surface area (Å²) in [5.41, 5.74) is 1.45. The molecule has 0 aromatic heterocycles. The van der Waals surface area contributed by atoms with E-state index in [0.717, 1.165) is 12.5 Å². The van der Waals surface area contributed by atoms with E-state index in [1.165, 1.54) is 31.5 Å². The summed E-state index contributed by atoms with van der Waals surface area (Å²) in [7, 11) is 0. The fourth-order valence-corrected chi connectivity index (χ4v) is 2.27. The molecule has 1 unspecified atom stereocenters. The average Bonchev–Trinajstić information content (AvgIpc) is 2.44. The standard InChI is InChI=1S/C13H19N.2C2H6/c1-12-6-5-9-14(10-12)11-13-7-3-2-4-8-13;2*1-2/h2-4,7-8,12H,5-6,9-11H2,1H3;2*1-2H3. The Hall–Kier alpha value is -0.820. The summed E-state index contributed by atoms with van der Waals surface area (Å²) in [6.45, 7) is 14.0. The van der Waals surface area contributed by atoms with Crippen molar-refractivity contribution in [2.45, 2.75) is 54.0 Å². The van der Waals surface area contributed by atoms with E-state index in [0.29, 0.717) is 0 Å². The van der Waals surface area contributed by atoms with E-state index in [1.54, 1.807) is 0 Å². The summed E-state index contributed by atoms with van der Waals surface area (Å²) >= 11 is 0. The third kappa shape index (κ3) is 6.80. The summed E-state index contributed by atoms with van der Waals surface area (Å²) in [5.74, 6) is 0.882. The second-order valence-corrected chi connectivity index (χ2v) is 4.47. The molecular formula is C17H31N. The van der Waals surface area contributed by atoms with Crippen molar-refractivity contribution in [2.75, 3.05) is 13.1 Å². The van der Waals surface area contributed by atoms with Crippen molar-refractivity contribution < 1.29 is 0 Å². The van der Waals surface area contributed by atoms with Gasteiger partial charge in [0.1, 0.15) is 0 Å². The third-order valence-corrected chi connectivity index (χ3v) is 2.99. The van der Waals surface area contributed by atoms with Gasteiger partial charge in [-0.05, 0) is 30.9 Å². The molecule has 1 nitrogen and oxygen atoms in total. The number of piperidine rings is 1. The molecule has 1 heteroatoms. The Bertz CT molecular complexity index is 268. The average molecular weight is 249 g/mol. The lowest BCUT2D eigenvalue weighted by molar-refractivity contribution is 0.176. The fraction of sp³-hybridized carbons (Fsp3) is 0.647. The second-order valence-electron chi connectivity index (χ2n) is 4.47. The van der Waals surface area contributed by atoms with Gasteiger partial charge in [0.05, 0.1) is 0 Å². The minimum absolute atomic E-state index is 0.882. The van der Waals surface area contributed by atoms with Crippen LogP contribution in [0.15, 0.2) is 30.3 Å². The molecule has 1 aromatic rings. The van der Waals surface area contributed by atoms with Crippen LogP contribution in [-0.4, -0.2) is 18.0 Å². The molecule has 1 fully saturated rings. The van der Waals surface area contributed by atoms with Gasteiger partial charge in [-0.2, -0.15) is 0 Å². The lowest BCUT2D eigenvalue weighted by atomic mass is 10.00.